The van der Waals surface area contributed by atoms with Gasteiger partial charge in [-0.05, 0) is 45.4 Å². The van der Waals surface area contributed by atoms with Crippen LogP contribution in [0.4, 0.5) is 0 Å². The normalized spacial score (nSPS) is 13.7. The van der Waals surface area contributed by atoms with Crippen LogP contribution in [-0.2, 0) is 0 Å². The van der Waals surface area contributed by atoms with Crippen LogP contribution < -0.4 is 5.32 Å². The molecular formula is C58H123N5. The van der Waals surface area contributed by atoms with E-state index in [1.165, 1.54) is 323 Å². The average molecular weight is 891 g/mol. The third kappa shape index (κ3) is 48.1. The maximum atomic E-state index is 3.84. The Kier molecular flexibility index (Phi) is 54.2. The number of unbranched alkanes of at least 4 members (excludes halogenated alkanes) is 34. The Balaban J connectivity index is 0.00000305. The lowest BCUT2D eigenvalue weighted by molar-refractivity contribution is 0.119. The molecule has 1 aliphatic rings. The Morgan fingerprint density at radius 1 is 0.270 bits per heavy atom. The predicted octanol–water partition coefficient (Wildman–Crippen LogP) is 16.7. The highest BCUT2D eigenvalue weighted by atomic mass is 15.3. The molecule has 1 N–H and O–H groups in total. The van der Waals surface area contributed by atoms with Gasteiger partial charge in [0, 0.05) is 65.4 Å². The monoisotopic (exact) mass is 890 g/mol. The number of hydrogen-bond donors (Lipinski definition) is 1. The second kappa shape index (κ2) is 54.4. The van der Waals surface area contributed by atoms with E-state index >= 15 is 0 Å². The number of hydrogen-bond acceptors (Lipinski definition) is 5. The lowest BCUT2D eigenvalue weighted by Gasteiger charge is -2.35. The van der Waals surface area contributed by atoms with E-state index in [0.29, 0.717) is 0 Å². The SMILES string of the molecule is CCCCCCCCCCC.CCCCCCCCCCCCN(CC)CCN1CCN(CCNCCN(CCCCCCCCCCC)CCCCCCCCCCCC)CC1. The van der Waals surface area contributed by atoms with Gasteiger partial charge < -0.3 is 15.1 Å². The maximum absolute atomic E-state index is 3.84. The van der Waals surface area contributed by atoms with Crippen molar-refractivity contribution in [1.29, 1.82) is 0 Å². The molecule has 1 rings (SSSR count). The van der Waals surface area contributed by atoms with E-state index in [1.807, 2.05) is 0 Å². The summed E-state index contributed by atoms with van der Waals surface area (Å²) < 4.78 is 0. The summed E-state index contributed by atoms with van der Waals surface area (Å²) in [6, 6.07) is 0. The van der Waals surface area contributed by atoms with Gasteiger partial charge in [-0.15, -0.1) is 0 Å². The first kappa shape index (κ1) is 62.8. The molecule has 5 nitrogen and oxygen atoms in total. The van der Waals surface area contributed by atoms with Gasteiger partial charge in [-0.1, -0.05) is 266 Å². The lowest BCUT2D eigenvalue weighted by Crippen LogP contribution is -2.50. The minimum absolute atomic E-state index is 1.15. The van der Waals surface area contributed by atoms with Crippen molar-refractivity contribution in [3.63, 3.8) is 0 Å². The molecule has 380 valence electrons. The Hall–Kier alpha value is -0.200. The molecule has 0 bridgehead atoms. The van der Waals surface area contributed by atoms with Crippen LogP contribution in [0.25, 0.3) is 0 Å². The molecule has 5 heteroatoms. The zero-order chi connectivity index (χ0) is 45.8. The zero-order valence-electron chi connectivity index (χ0n) is 45.1. The molecule has 1 aliphatic heterocycles. The number of piperazine rings is 1. The van der Waals surface area contributed by atoms with Gasteiger partial charge in [0.1, 0.15) is 0 Å². The topological polar surface area (TPSA) is 25.0 Å². The molecule has 0 aromatic rings. The summed E-state index contributed by atoms with van der Waals surface area (Å²) in [7, 11) is 0. The lowest BCUT2D eigenvalue weighted by atomic mass is 10.1. The van der Waals surface area contributed by atoms with Gasteiger partial charge in [0.15, 0.2) is 0 Å². The third-order valence-corrected chi connectivity index (χ3v) is 14.3. The van der Waals surface area contributed by atoms with Crippen LogP contribution in [0, 0.1) is 0 Å². The molecule has 0 amide bonds. The van der Waals surface area contributed by atoms with Crippen molar-refractivity contribution in [2.75, 3.05) is 91.6 Å². The Labute approximate surface area is 400 Å². The fourth-order valence-corrected chi connectivity index (χ4v) is 9.56. The van der Waals surface area contributed by atoms with Crippen molar-refractivity contribution >= 4 is 0 Å². The van der Waals surface area contributed by atoms with Crippen molar-refractivity contribution in [3.8, 4) is 0 Å². The molecule has 0 spiro atoms. The van der Waals surface area contributed by atoms with E-state index in [-0.39, 0.29) is 0 Å². The quantitative estimate of drug-likeness (QED) is 0.0614. The minimum Gasteiger partial charge on any atom is -0.314 e. The van der Waals surface area contributed by atoms with Gasteiger partial charge in [0.25, 0.3) is 0 Å². The Morgan fingerprint density at radius 3 is 0.841 bits per heavy atom. The summed E-state index contributed by atoms with van der Waals surface area (Å²) in [6.07, 6.45) is 54.5. The first-order valence-corrected chi connectivity index (χ1v) is 29.7. The molecular weight excluding hydrogens is 767 g/mol. The average Bonchev–Trinajstić information content (AvgIpc) is 3.30. The highest BCUT2D eigenvalue weighted by Gasteiger charge is 2.17. The number of nitrogens with one attached hydrogen (secondary N) is 1. The fraction of sp³-hybridized carbons (Fsp3) is 1.00. The first-order chi connectivity index (χ1) is 31.1. The van der Waals surface area contributed by atoms with Gasteiger partial charge in [-0.2, -0.15) is 0 Å². The molecule has 0 aromatic heterocycles. The van der Waals surface area contributed by atoms with Crippen molar-refractivity contribution in [1.82, 2.24) is 24.9 Å². The molecule has 1 heterocycles. The summed E-state index contributed by atoms with van der Waals surface area (Å²) in [5.41, 5.74) is 0. The summed E-state index contributed by atoms with van der Waals surface area (Å²) in [5.74, 6) is 0. The largest absolute Gasteiger partial charge is 0.314 e. The van der Waals surface area contributed by atoms with Gasteiger partial charge in [0.05, 0.1) is 0 Å². The molecule has 0 unspecified atom stereocenters. The summed E-state index contributed by atoms with van der Waals surface area (Å²) in [6.45, 7) is 31.2. The van der Waals surface area contributed by atoms with Crippen LogP contribution >= 0.6 is 0 Å². The first-order valence-electron chi connectivity index (χ1n) is 29.7. The minimum atomic E-state index is 1.15. The third-order valence-electron chi connectivity index (χ3n) is 14.3. The van der Waals surface area contributed by atoms with Gasteiger partial charge in [-0.25, -0.2) is 0 Å². The van der Waals surface area contributed by atoms with Gasteiger partial charge in [-0.3, -0.25) is 9.80 Å². The zero-order valence-corrected chi connectivity index (χ0v) is 45.1. The van der Waals surface area contributed by atoms with E-state index in [0.717, 1.165) is 13.1 Å². The molecule has 0 atom stereocenters. The van der Waals surface area contributed by atoms with Crippen molar-refractivity contribution in [3.05, 3.63) is 0 Å². The van der Waals surface area contributed by atoms with Crippen LogP contribution in [-0.4, -0.2) is 111 Å². The van der Waals surface area contributed by atoms with Crippen LogP contribution in [0.1, 0.15) is 286 Å². The van der Waals surface area contributed by atoms with Crippen molar-refractivity contribution in [2.24, 2.45) is 0 Å². The Morgan fingerprint density at radius 2 is 0.540 bits per heavy atom. The van der Waals surface area contributed by atoms with Crippen LogP contribution in [0.3, 0.4) is 0 Å². The van der Waals surface area contributed by atoms with Crippen molar-refractivity contribution < 1.29 is 0 Å². The van der Waals surface area contributed by atoms with E-state index < -0.39 is 0 Å². The summed E-state index contributed by atoms with van der Waals surface area (Å²) >= 11 is 0. The van der Waals surface area contributed by atoms with Crippen LogP contribution in [0.2, 0.25) is 0 Å². The van der Waals surface area contributed by atoms with E-state index in [4.69, 9.17) is 0 Å². The second-order valence-electron chi connectivity index (χ2n) is 20.4. The molecule has 63 heavy (non-hydrogen) atoms. The van der Waals surface area contributed by atoms with E-state index in [2.05, 4.69) is 66.5 Å². The fourth-order valence-electron chi connectivity index (χ4n) is 9.56. The second-order valence-corrected chi connectivity index (χ2v) is 20.4. The molecule has 1 fully saturated rings. The van der Waals surface area contributed by atoms with E-state index in [1.54, 1.807) is 0 Å². The highest BCUT2D eigenvalue weighted by molar-refractivity contribution is 4.74. The maximum Gasteiger partial charge on any atom is 0.0110 e. The number of rotatable bonds is 50. The highest BCUT2D eigenvalue weighted by Crippen LogP contribution is 2.14. The molecule has 0 radical (unpaired) electrons. The summed E-state index contributed by atoms with van der Waals surface area (Å²) in [5, 5.41) is 3.84. The predicted molar refractivity (Wildman–Crippen MR) is 288 cm³/mol. The molecule has 1 saturated heterocycles. The van der Waals surface area contributed by atoms with Crippen LogP contribution in [0.5, 0.6) is 0 Å². The van der Waals surface area contributed by atoms with Gasteiger partial charge >= 0.3 is 0 Å². The van der Waals surface area contributed by atoms with Crippen molar-refractivity contribution in [2.45, 2.75) is 286 Å². The van der Waals surface area contributed by atoms with E-state index in [9.17, 15) is 0 Å². The number of likely N-dealkylation sites (N-methyl/N-ethyl adjacent to an activating group) is 1. The summed E-state index contributed by atoms with van der Waals surface area (Å²) in [4.78, 5) is 10.9. The smallest absolute Gasteiger partial charge is 0.0110 e. The standard InChI is InChI=1S/C47H99N5.C11H24/c1-5-9-12-15-18-21-24-26-29-32-37-49(8-4)42-43-52-46-44-51(45-47-52)41-36-48-35-40-50(38-33-30-27-23-20-17-14-11-7-3)39-34-31-28-25-22-19-16-13-10-6-2;1-3-5-7-9-11-10-8-6-4-2/h48H,5-47H2,1-4H3;3-11H2,1-2H3. The molecule has 0 aliphatic carbocycles. The molecule has 0 saturated carbocycles. The number of nitrogens with zero attached hydrogens (tertiary/aromatic N) is 4. The Bertz CT molecular complexity index is 792. The van der Waals surface area contributed by atoms with Gasteiger partial charge in [0.2, 0.25) is 0 Å². The molecule has 0 aromatic carbocycles. The van der Waals surface area contributed by atoms with Crippen LogP contribution in [0.15, 0.2) is 0 Å².